The summed E-state index contributed by atoms with van der Waals surface area (Å²) in [6.07, 6.45) is 4.80. The molecule has 28 heavy (non-hydrogen) atoms. The van der Waals surface area contributed by atoms with Crippen molar-refractivity contribution in [2.75, 3.05) is 16.8 Å². The third-order valence-corrected chi connectivity index (χ3v) is 4.42. The number of carbonyl (C=O) groups is 1. The van der Waals surface area contributed by atoms with Crippen molar-refractivity contribution in [3.05, 3.63) is 48.3 Å². The first-order valence-corrected chi connectivity index (χ1v) is 9.37. The highest BCUT2D eigenvalue weighted by Gasteiger charge is 2.27. The van der Waals surface area contributed by atoms with E-state index in [0.717, 1.165) is 35.3 Å². The first kappa shape index (κ1) is 18.2. The Morgan fingerprint density at radius 2 is 1.96 bits per heavy atom. The molecule has 1 aliphatic heterocycles. The van der Waals surface area contributed by atoms with E-state index in [-0.39, 0.29) is 6.09 Å². The van der Waals surface area contributed by atoms with Gasteiger partial charge in [-0.15, -0.1) is 0 Å². The number of aromatic nitrogens is 3. The lowest BCUT2D eigenvalue weighted by Crippen LogP contribution is -2.39. The summed E-state index contributed by atoms with van der Waals surface area (Å²) in [4.78, 5) is 27.2. The van der Waals surface area contributed by atoms with Crippen LogP contribution in [0.2, 0.25) is 0 Å². The zero-order valence-corrected chi connectivity index (χ0v) is 16.3. The number of amides is 1. The van der Waals surface area contributed by atoms with Crippen LogP contribution in [0.4, 0.5) is 22.0 Å². The van der Waals surface area contributed by atoms with Gasteiger partial charge >= 0.3 is 6.09 Å². The van der Waals surface area contributed by atoms with Gasteiger partial charge in [0.05, 0.1) is 5.69 Å². The lowest BCUT2D eigenvalue weighted by molar-refractivity contribution is 0.0578. The van der Waals surface area contributed by atoms with E-state index >= 15 is 0 Å². The van der Waals surface area contributed by atoms with Crippen LogP contribution in [-0.2, 0) is 11.2 Å². The van der Waals surface area contributed by atoms with E-state index in [1.807, 2.05) is 45.0 Å². The minimum absolute atomic E-state index is 0.302. The minimum atomic E-state index is -0.513. The van der Waals surface area contributed by atoms with E-state index in [0.29, 0.717) is 18.0 Å². The van der Waals surface area contributed by atoms with Crippen molar-refractivity contribution in [2.45, 2.75) is 39.2 Å². The molecular weight excluding hydrogens is 354 g/mol. The second kappa shape index (κ2) is 7.07. The second-order valence-electron chi connectivity index (χ2n) is 7.80. The quantitative estimate of drug-likeness (QED) is 0.710. The molecule has 7 nitrogen and oxygen atoms in total. The summed E-state index contributed by atoms with van der Waals surface area (Å²) in [5.41, 5.74) is 3.78. The summed E-state index contributed by atoms with van der Waals surface area (Å²) in [5, 5.41) is 3.31. The molecule has 0 radical (unpaired) electrons. The van der Waals surface area contributed by atoms with Crippen molar-refractivity contribution in [1.29, 1.82) is 0 Å². The molecule has 0 unspecified atom stereocenters. The average Bonchev–Trinajstić information content (AvgIpc) is 2.66. The van der Waals surface area contributed by atoms with Crippen molar-refractivity contribution in [3.8, 4) is 0 Å². The molecule has 0 saturated carbocycles. The van der Waals surface area contributed by atoms with E-state index < -0.39 is 5.60 Å². The van der Waals surface area contributed by atoms with Gasteiger partial charge < -0.3 is 10.1 Å². The summed E-state index contributed by atoms with van der Waals surface area (Å²) in [6.45, 7) is 6.30. The van der Waals surface area contributed by atoms with Gasteiger partial charge in [-0.25, -0.2) is 14.8 Å². The molecule has 1 N–H and O–H groups in total. The fraction of sp³-hybridized carbons (Fsp3) is 0.333. The van der Waals surface area contributed by atoms with Gasteiger partial charge in [0.15, 0.2) is 5.65 Å². The van der Waals surface area contributed by atoms with Gasteiger partial charge in [0, 0.05) is 24.6 Å². The Morgan fingerprint density at radius 1 is 1.14 bits per heavy atom. The van der Waals surface area contributed by atoms with E-state index in [9.17, 15) is 4.79 Å². The molecule has 0 saturated heterocycles. The number of carbonyl (C=O) groups excluding carboxylic acids is 1. The number of anilines is 3. The van der Waals surface area contributed by atoms with Gasteiger partial charge in [0.2, 0.25) is 0 Å². The molecule has 1 aromatic carbocycles. The molecule has 0 atom stereocenters. The summed E-state index contributed by atoms with van der Waals surface area (Å²) in [6, 6.07) is 9.74. The van der Waals surface area contributed by atoms with Crippen molar-refractivity contribution < 1.29 is 9.53 Å². The number of benzene rings is 1. The molecule has 1 aliphatic rings. The molecule has 0 aliphatic carbocycles. The molecule has 2 aromatic heterocycles. The summed E-state index contributed by atoms with van der Waals surface area (Å²) in [5.74, 6) is 0.702. The topological polar surface area (TPSA) is 80.2 Å². The van der Waals surface area contributed by atoms with Crippen molar-refractivity contribution >= 4 is 34.4 Å². The number of nitrogens with one attached hydrogen (secondary N) is 1. The number of ether oxygens (including phenoxy) is 1. The zero-order chi connectivity index (χ0) is 19.7. The van der Waals surface area contributed by atoms with E-state index in [1.54, 1.807) is 17.3 Å². The smallest absolute Gasteiger partial charge is 0.414 e. The minimum Gasteiger partial charge on any atom is -0.443 e. The standard InChI is InChI=1S/C21H23N5O2/c1-21(2,3)28-20(27)26-12-4-5-14-13-15(6-8-17(14)26)24-18-9-7-16-19(25-18)23-11-10-22-16/h6-11,13H,4-5,12H2,1-3H3,(H,23,24,25). The number of aryl methyl sites for hydroxylation is 1. The number of hydrogen-bond acceptors (Lipinski definition) is 6. The van der Waals surface area contributed by atoms with Crippen LogP contribution in [0.25, 0.3) is 11.2 Å². The van der Waals surface area contributed by atoms with E-state index in [2.05, 4.69) is 26.3 Å². The predicted molar refractivity (Wildman–Crippen MR) is 109 cm³/mol. The normalized spacial score (nSPS) is 13.9. The highest BCUT2D eigenvalue weighted by molar-refractivity contribution is 5.90. The van der Waals surface area contributed by atoms with Crippen LogP contribution in [0, 0.1) is 0 Å². The van der Waals surface area contributed by atoms with Crippen LogP contribution in [0.3, 0.4) is 0 Å². The highest BCUT2D eigenvalue weighted by Crippen LogP contribution is 2.31. The van der Waals surface area contributed by atoms with Crippen molar-refractivity contribution in [1.82, 2.24) is 15.0 Å². The van der Waals surface area contributed by atoms with Crippen LogP contribution >= 0.6 is 0 Å². The Labute approximate surface area is 163 Å². The van der Waals surface area contributed by atoms with Crippen LogP contribution in [-0.4, -0.2) is 33.2 Å². The molecule has 144 valence electrons. The molecule has 3 heterocycles. The Bertz CT molecular complexity index is 1030. The molecule has 7 heteroatoms. The van der Waals surface area contributed by atoms with Crippen LogP contribution in [0.1, 0.15) is 32.8 Å². The Hall–Kier alpha value is -3.22. The highest BCUT2D eigenvalue weighted by atomic mass is 16.6. The molecule has 0 fully saturated rings. The SMILES string of the molecule is CC(C)(C)OC(=O)N1CCCc2cc(Nc3ccc4nccnc4n3)ccc21. The first-order valence-electron chi connectivity index (χ1n) is 9.37. The summed E-state index contributed by atoms with van der Waals surface area (Å²) >= 11 is 0. The Kier molecular flexibility index (Phi) is 4.58. The van der Waals surface area contributed by atoms with Gasteiger partial charge in [-0.2, -0.15) is 0 Å². The van der Waals surface area contributed by atoms with Gasteiger partial charge in [0.1, 0.15) is 16.9 Å². The summed E-state index contributed by atoms with van der Waals surface area (Å²) < 4.78 is 5.55. The number of hydrogen-bond donors (Lipinski definition) is 1. The first-order chi connectivity index (χ1) is 13.4. The fourth-order valence-corrected chi connectivity index (χ4v) is 3.25. The number of rotatable bonds is 2. The lowest BCUT2D eigenvalue weighted by Gasteiger charge is -2.32. The molecule has 1 amide bonds. The summed E-state index contributed by atoms with van der Waals surface area (Å²) in [7, 11) is 0. The monoisotopic (exact) mass is 377 g/mol. The van der Waals surface area contributed by atoms with E-state index in [4.69, 9.17) is 4.74 Å². The van der Waals surface area contributed by atoms with Gasteiger partial charge in [0.25, 0.3) is 0 Å². The van der Waals surface area contributed by atoms with Crippen molar-refractivity contribution in [2.24, 2.45) is 0 Å². The van der Waals surface area contributed by atoms with Gasteiger partial charge in [-0.3, -0.25) is 9.88 Å². The molecular formula is C21H23N5O2. The van der Waals surface area contributed by atoms with Gasteiger partial charge in [-0.05, 0) is 69.5 Å². The maximum absolute atomic E-state index is 12.5. The maximum Gasteiger partial charge on any atom is 0.414 e. The second-order valence-corrected chi connectivity index (χ2v) is 7.80. The Morgan fingerprint density at radius 3 is 2.79 bits per heavy atom. The van der Waals surface area contributed by atoms with Crippen molar-refractivity contribution in [3.63, 3.8) is 0 Å². The van der Waals surface area contributed by atoms with Gasteiger partial charge in [-0.1, -0.05) is 0 Å². The van der Waals surface area contributed by atoms with E-state index in [1.165, 1.54) is 0 Å². The third kappa shape index (κ3) is 3.88. The number of fused-ring (bicyclic) bond motifs is 2. The molecule has 0 spiro atoms. The molecule has 0 bridgehead atoms. The maximum atomic E-state index is 12.5. The fourth-order valence-electron chi connectivity index (χ4n) is 3.25. The number of nitrogens with zero attached hydrogens (tertiary/aromatic N) is 4. The largest absolute Gasteiger partial charge is 0.443 e. The average molecular weight is 377 g/mol. The van der Waals surface area contributed by atoms with Crippen LogP contribution < -0.4 is 10.2 Å². The van der Waals surface area contributed by atoms with Crippen LogP contribution in [0.5, 0.6) is 0 Å². The molecule has 4 rings (SSSR count). The molecule has 3 aromatic rings. The number of pyridine rings is 1. The Balaban J connectivity index is 1.57. The predicted octanol–water partition coefficient (Wildman–Crippen LogP) is 4.46. The zero-order valence-electron chi connectivity index (χ0n) is 16.3. The van der Waals surface area contributed by atoms with Crippen LogP contribution in [0.15, 0.2) is 42.7 Å². The third-order valence-electron chi connectivity index (χ3n) is 4.42. The lowest BCUT2D eigenvalue weighted by atomic mass is 10.0.